The number of rotatable bonds is 7. The van der Waals surface area contributed by atoms with E-state index < -0.39 is 5.54 Å². The molecule has 1 aromatic rings. The van der Waals surface area contributed by atoms with E-state index in [9.17, 15) is 9.90 Å². The molecule has 0 aromatic carbocycles. The highest BCUT2D eigenvalue weighted by atomic mass is 16.3. The summed E-state index contributed by atoms with van der Waals surface area (Å²) in [6.07, 6.45) is 4.21. The summed E-state index contributed by atoms with van der Waals surface area (Å²) in [5.74, 6) is 0.661. The normalized spacial score (nSPS) is 15.4. The number of amides is 2. The molecule has 2 unspecified atom stereocenters. The van der Waals surface area contributed by atoms with Crippen molar-refractivity contribution in [1.29, 1.82) is 0 Å². The molecule has 0 aliphatic rings. The lowest BCUT2D eigenvalue weighted by atomic mass is 9.98. The van der Waals surface area contributed by atoms with Gasteiger partial charge >= 0.3 is 6.03 Å². The van der Waals surface area contributed by atoms with Crippen LogP contribution in [0.3, 0.4) is 0 Å². The van der Waals surface area contributed by atoms with Gasteiger partial charge in [-0.25, -0.2) is 9.48 Å². The van der Waals surface area contributed by atoms with E-state index in [0.717, 1.165) is 19.3 Å². The Morgan fingerprint density at radius 3 is 2.80 bits per heavy atom. The van der Waals surface area contributed by atoms with E-state index in [-0.39, 0.29) is 18.7 Å². The topological polar surface area (TPSA) is 79.2 Å². The average Bonchev–Trinajstić information content (AvgIpc) is 2.85. The van der Waals surface area contributed by atoms with Gasteiger partial charge in [0.05, 0.1) is 24.4 Å². The van der Waals surface area contributed by atoms with Crippen LogP contribution in [0.15, 0.2) is 12.3 Å². The summed E-state index contributed by atoms with van der Waals surface area (Å²) in [6.45, 7) is 7.89. The van der Waals surface area contributed by atoms with Crippen molar-refractivity contribution in [2.24, 2.45) is 0 Å². The largest absolute Gasteiger partial charge is 0.394 e. The summed E-state index contributed by atoms with van der Waals surface area (Å²) in [6, 6.07) is 1.67. The molecule has 0 saturated heterocycles. The number of nitrogens with zero attached hydrogens (tertiary/aromatic N) is 2. The van der Waals surface area contributed by atoms with Gasteiger partial charge in [0.1, 0.15) is 5.82 Å². The maximum Gasteiger partial charge on any atom is 0.320 e. The van der Waals surface area contributed by atoms with Crippen LogP contribution in [0.25, 0.3) is 0 Å². The summed E-state index contributed by atoms with van der Waals surface area (Å²) >= 11 is 0. The van der Waals surface area contributed by atoms with Gasteiger partial charge in [0.2, 0.25) is 0 Å². The molecule has 0 saturated carbocycles. The van der Waals surface area contributed by atoms with Crippen LogP contribution in [0.5, 0.6) is 0 Å². The Labute approximate surface area is 120 Å². The van der Waals surface area contributed by atoms with Crippen molar-refractivity contribution in [2.75, 3.05) is 11.9 Å². The van der Waals surface area contributed by atoms with Crippen LogP contribution >= 0.6 is 0 Å². The fraction of sp³-hybridized carbons (Fsp3) is 0.714. The van der Waals surface area contributed by atoms with Gasteiger partial charge in [-0.3, -0.25) is 5.32 Å². The van der Waals surface area contributed by atoms with Gasteiger partial charge in [0, 0.05) is 6.07 Å². The highest BCUT2D eigenvalue weighted by molar-refractivity contribution is 5.88. The van der Waals surface area contributed by atoms with Crippen molar-refractivity contribution >= 4 is 11.8 Å². The zero-order valence-corrected chi connectivity index (χ0v) is 12.8. The molecule has 0 spiro atoms. The molecule has 1 heterocycles. The molecule has 0 radical (unpaired) electrons. The number of nitrogens with one attached hydrogen (secondary N) is 2. The van der Waals surface area contributed by atoms with E-state index in [1.165, 1.54) is 0 Å². The Morgan fingerprint density at radius 2 is 2.25 bits per heavy atom. The lowest BCUT2D eigenvalue weighted by molar-refractivity contribution is 0.167. The second-order valence-corrected chi connectivity index (χ2v) is 5.47. The molecule has 0 aliphatic heterocycles. The van der Waals surface area contributed by atoms with E-state index in [1.54, 1.807) is 16.9 Å². The van der Waals surface area contributed by atoms with Gasteiger partial charge in [-0.05, 0) is 26.7 Å². The van der Waals surface area contributed by atoms with Crippen molar-refractivity contribution in [2.45, 2.75) is 58.5 Å². The Hall–Kier alpha value is -1.56. The third kappa shape index (κ3) is 4.23. The van der Waals surface area contributed by atoms with Crippen LogP contribution in [-0.2, 0) is 0 Å². The SMILES string of the molecule is CCCC(C)(CO)NC(=O)Nc1ccnn1C(C)CC. The maximum absolute atomic E-state index is 12.0. The summed E-state index contributed by atoms with van der Waals surface area (Å²) in [5.41, 5.74) is -0.597. The van der Waals surface area contributed by atoms with Gasteiger partial charge in [0.15, 0.2) is 0 Å². The van der Waals surface area contributed by atoms with Crippen LogP contribution in [0.2, 0.25) is 0 Å². The zero-order chi connectivity index (χ0) is 15.2. The summed E-state index contributed by atoms with van der Waals surface area (Å²) in [7, 11) is 0. The molecular weight excluding hydrogens is 256 g/mol. The fourth-order valence-corrected chi connectivity index (χ4v) is 2.09. The lowest BCUT2D eigenvalue weighted by Gasteiger charge is -2.28. The fourth-order valence-electron chi connectivity index (χ4n) is 2.09. The van der Waals surface area contributed by atoms with Crippen molar-refractivity contribution in [3.8, 4) is 0 Å². The molecule has 2 atom stereocenters. The standard InChI is InChI=1S/C14H26N4O2/c1-5-8-14(4,10-19)17-13(20)16-12-7-9-15-18(12)11(3)6-2/h7,9,11,19H,5-6,8,10H2,1-4H3,(H2,16,17,20). The molecule has 6 nitrogen and oxygen atoms in total. The molecular formula is C14H26N4O2. The number of hydrogen-bond donors (Lipinski definition) is 3. The number of urea groups is 1. The first-order chi connectivity index (χ1) is 9.45. The van der Waals surface area contributed by atoms with Gasteiger partial charge < -0.3 is 10.4 Å². The molecule has 1 rings (SSSR count). The van der Waals surface area contributed by atoms with E-state index >= 15 is 0 Å². The van der Waals surface area contributed by atoms with Crippen molar-refractivity contribution in [3.05, 3.63) is 12.3 Å². The van der Waals surface area contributed by atoms with Crippen LogP contribution in [0.4, 0.5) is 10.6 Å². The third-order valence-electron chi connectivity index (χ3n) is 3.49. The van der Waals surface area contributed by atoms with Gasteiger partial charge in [0.25, 0.3) is 0 Å². The summed E-state index contributed by atoms with van der Waals surface area (Å²) in [5, 5.41) is 19.2. The number of anilines is 1. The number of aliphatic hydroxyl groups is 1. The molecule has 0 bridgehead atoms. The second kappa shape index (κ2) is 7.28. The number of aliphatic hydroxyl groups excluding tert-OH is 1. The first-order valence-electron chi connectivity index (χ1n) is 7.19. The third-order valence-corrected chi connectivity index (χ3v) is 3.49. The maximum atomic E-state index is 12.0. The summed E-state index contributed by atoms with van der Waals surface area (Å²) < 4.78 is 1.79. The minimum Gasteiger partial charge on any atom is -0.394 e. The zero-order valence-electron chi connectivity index (χ0n) is 12.8. The highest BCUT2D eigenvalue weighted by Gasteiger charge is 2.25. The van der Waals surface area contributed by atoms with E-state index in [4.69, 9.17) is 0 Å². The lowest BCUT2D eigenvalue weighted by Crippen LogP contribution is -2.50. The van der Waals surface area contributed by atoms with Crippen LogP contribution in [-0.4, -0.2) is 33.1 Å². The molecule has 0 fully saturated rings. The van der Waals surface area contributed by atoms with Gasteiger partial charge in [-0.15, -0.1) is 0 Å². The van der Waals surface area contributed by atoms with Gasteiger partial charge in [-0.1, -0.05) is 20.3 Å². The van der Waals surface area contributed by atoms with Crippen LogP contribution in [0, 0.1) is 0 Å². The van der Waals surface area contributed by atoms with E-state index in [0.29, 0.717) is 5.82 Å². The first kappa shape index (κ1) is 16.5. The molecule has 6 heteroatoms. The molecule has 114 valence electrons. The van der Waals surface area contributed by atoms with E-state index in [2.05, 4.69) is 22.7 Å². The first-order valence-corrected chi connectivity index (χ1v) is 7.19. The van der Waals surface area contributed by atoms with Gasteiger partial charge in [-0.2, -0.15) is 5.10 Å². The van der Waals surface area contributed by atoms with Crippen LogP contribution in [0.1, 0.15) is 53.0 Å². The predicted molar refractivity (Wildman–Crippen MR) is 79.8 cm³/mol. The Morgan fingerprint density at radius 1 is 1.55 bits per heavy atom. The van der Waals surface area contributed by atoms with Crippen LogP contribution < -0.4 is 10.6 Å². The minimum absolute atomic E-state index is 0.0844. The predicted octanol–water partition coefficient (Wildman–Crippen LogP) is 2.53. The number of carbonyl (C=O) groups is 1. The minimum atomic E-state index is -0.597. The Balaban J connectivity index is 2.69. The monoisotopic (exact) mass is 282 g/mol. The van der Waals surface area contributed by atoms with Crippen molar-refractivity contribution in [1.82, 2.24) is 15.1 Å². The number of hydrogen-bond acceptors (Lipinski definition) is 3. The van der Waals surface area contributed by atoms with Crippen molar-refractivity contribution in [3.63, 3.8) is 0 Å². The molecule has 1 aromatic heterocycles. The molecule has 3 N–H and O–H groups in total. The second-order valence-electron chi connectivity index (χ2n) is 5.47. The molecule has 2 amide bonds. The number of carbonyl (C=O) groups excluding carboxylic acids is 1. The van der Waals surface area contributed by atoms with Crippen molar-refractivity contribution < 1.29 is 9.90 Å². The molecule has 0 aliphatic carbocycles. The number of aromatic nitrogens is 2. The Bertz CT molecular complexity index is 433. The Kier molecular flexibility index (Phi) is 6.01. The summed E-state index contributed by atoms with van der Waals surface area (Å²) in [4.78, 5) is 12.0. The van der Waals surface area contributed by atoms with E-state index in [1.807, 2.05) is 20.8 Å². The smallest absolute Gasteiger partial charge is 0.320 e. The average molecular weight is 282 g/mol. The quantitative estimate of drug-likeness (QED) is 0.719. The molecule has 20 heavy (non-hydrogen) atoms. The highest BCUT2D eigenvalue weighted by Crippen LogP contribution is 2.17.